The molecular formula is C17H17NO. The Labute approximate surface area is 113 Å². The van der Waals surface area contributed by atoms with E-state index in [-0.39, 0.29) is 5.78 Å². The van der Waals surface area contributed by atoms with Crippen LogP contribution in [0.1, 0.15) is 32.6 Å². The van der Waals surface area contributed by atoms with E-state index in [1.165, 1.54) is 16.7 Å². The maximum Gasteiger partial charge on any atom is 0.185 e. The summed E-state index contributed by atoms with van der Waals surface area (Å²) in [5.41, 5.74) is 5.51. The third kappa shape index (κ3) is 3.16. The van der Waals surface area contributed by atoms with Crippen LogP contribution in [0, 0.1) is 20.8 Å². The van der Waals surface area contributed by atoms with E-state index >= 15 is 0 Å². The molecule has 0 saturated heterocycles. The molecule has 0 unspecified atom stereocenters. The lowest BCUT2D eigenvalue weighted by atomic mass is 10.00. The molecule has 0 fully saturated rings. The van der Waals surface area contributed by atoms with Crippen LogP contribution in [0.15, 0.2) is 42.7 Å². The lowest BCUT2D eigenvalue weighted by Crippen LogP contribution is -1.94. The highest BCUT2D eigenvalue weighted by molar-refractivity contribution is 6.06. The van der Waals surface area contributed by atoms with Gasteiger partial charge < -0.3 is 0 Å². The van der Waals surface area contributed by atoms with E-state index in [9.17, 15) is 4.79 Å². The molecule has 2 rings (SSSR count). The monoisotopic (exact) mass is 251 g/mol. The highest BCUT2D eigenvalue weighted by Crippen LogP contribution is 2.16. The lowest BCUT2D eigenvalue weighted by Gasteiger charge is -2.06. The van der Waals surface area contributed by atoms with Gasteiger partial charge in [0.2, 0.25) is 0 Å². The summed E-state index contributed by atoms with van der Waals surface area (Å²) in [6, 6.07) is 7.63. The minimum absolute atomic E-state index is 0.00159. The van der Waals surface area contributed by atoms with Crippen LogP contribution in [0.5, 0.6) is 0 Å². The molecule has 2 heteroatoms. The average Bonchev–Trinajstić information content (AvgIpc) is 2.43. The second-order valence-corrected chi connectivity index (χ2v) is 4.71. The fraction of sp³-hybridized carbons (Fsp3) is 0.176. The molecule has 0 amide bonds. The van der Waals surface area contributed by atoms with Crippen LogP contribution in [0.3, 0.4) is 0 Å². The number of carbonyl (C=O) groups is 1. The number of benzene rings is 1. The third-order valence-electron chi connectivity index (χ3n) is 3.34. The third-order valence-corrected chi connectivity index (χ3v) is 3.34. The maximum atomic E-state index is 11.9. The quantitative estimate of drug-likeness (QED) is 0.611. The fourth-order valence-corrected chi connectivity index (χ4v) is 1.95. The minimum Gasteiger partial charge on any atom is -0.289 e. The lowest BCUT2D eigenvalue weighted by molar-refractivity contribution is 0.104. The molecule has 2 aromatic rings. The molecule has 2 nitrogen and oxygen atoms in total. The average molecular weight is 251 g/mol. The van der Waals surface area contributed by atoms with Gasteiger partial charge in [-0.15, -0.1) is 0 Å². The highest BCUT2D eigenvalue weighted by Gasteiger charge is 2.02. The van der Waals surface area contributed by atoms with Crippen molar-refractivity contribution in [3.63, 3.8) is 0 Å². The molecule has 0 atom stereocenters. The molecule has 19 heavy (non-hydrogen) atoms. The Morgan fingerprint density at radius 2 is 1.63 bits per heavy atom. The van der Waals surface area contributed by atoms with Gasteiger partial charge >= 0.3 is 0 Å². The van der Waals surface area contributed by atoms with Crippen molar-refractivity contribution in [3.05, 3.63) is 70.6 Å². The normalized spacial score (nSPS) is 10.9. The molecule has 0 aliphatic heterocycles. The van der Waals surface area contributed by atoms with Crippen molar-refractivity contribution in [1.29, 1.82) is 0 Å². The molecule has 96 valence electrons. The van der Waals surface area contributed by atoms with E-state index in [0.717, 1.165) is 5.56 Å². The zero-order valence-corrected chi connectivity index (χ0v) is 11.5. The van der Waals surface area contributed by atoms with E-state index in [1.807, 2.05) is 6.08 Å². The van der Waals surface area contributed by atoms with Crippen molar-refractivity contribution in [2.75, 3.05) is 0 Å². The predicted molar refractivity (Wildman–Crippen MR) is 78.3 cm³/mol. The van der Waals surface area contributed by atoms with E-state index in [4.69, 9.17) is 0 Å². The molecule has 1 aromatic carbocycles. The van der Waals surface area contributed by atoms with Gasteiger partial charge in [-0.25, -0.2) is 0 Å². The Morgan fingerprint density at radius 3 is 2.21 bits per heavy atom. The molecule has 0 radical (unpaired) electrons. The Hall–Kier alpha value is -2.22. The number of pyridine rings is 1. The Balaban J connectivity index is 2.22. The van der Waals surface area contributed by atoms with Gasteiger partial charge in [0.1, 0.15) is 0 Å². The molecule has 0 N–H and O–H groups in total. The number of allylic oxidation sites excluding steroid dienone is 1. The molecule has 1 heterocycles. The highest BCUT2D eigenvalue weighted by atomic mass is 16.1. The Bertz CT molecular complexity index is 604. The molecule has 1 aromatic heterocycles. The van der Waals surface area contributed by atoms with Crippen molar-refractivity contribution in [2.45, 2.75) is 20.8 Å². The zero-order chi connectivity index (χ0) is 13.8. The van der Waals surface area contributed by atoms with E-state index in [2.05, 4.69) is 37.9 Å². The van der Waals surface area contributed by atoms with Crippen LogP contribution >= 0.6 is 0 Å². The summed E-state index contributed by atoms with van der Waals surface area (Å²) < 4.78 is 0. The number of rotatable bonds is 3. The second-order valence-electron chi connectivity index (χ2n) is 4.71. The van der Waals surface area contributed by atoms with Gasteiger partial charge in [0.15, 0.2) is 5.78 Å². The summed E-state index contributed by atoms with van der Waals surface area (Å²) in [5, 5.41) is 0. The van der Waals surface area contributed by atoms with Crippen LogP contribution < -0.4 is 0 Å². The van der Waals surface area contributed by atoms with E-state index in [0.29, 0.717) is 5.56 Å². The summed E-state index contributed by atoms with van der Waals surface area (Å²) in [5.74, 6) is -0.00159. The molecule has 0 spiro atoms. The van der Waals surface area contributed by atoms with Crippen molar-refractivity contribution in [3.8, 4) is 0 Å². The minimum atomic E-state index is -0.00159. The molecule has 0 bridgehead atoms. The molecular weight excluding hydrogens is 234 g/mol. The van der Waals surface area contributed by atoms with E-state index in [1.54, 1.807) is 30.6 Å². The zero-order valence-electron chi connectivity index (χ0n) is 11.5. The SMILES string of the molecule is Cc1cc(/C=C/C(=O)c2ccncc2)cc(C)c1C. The van der Waals surface area contributed by atoms with Crippen molar-refractivity contribution in [1.82, 2.24) is 4.98 Å². The summed E-state index contributed by atoms with van der Waals surface area (Å²) in [6.07, 6.45) is 6.73. The number of ketones is 1. The van der Waals surface area contributed by atoms with Crippen molar-refractivity contribution < 1.29 is 4.79 Å². The number of nitrogens with zero attached hydrogens (tertiary/aromatic N) is 1. The summed E-state index contributed by atoms with van der Waals surface area (Å²) in [4.78, 5) is 15.8. The van der Waals surface area contributed by atoms with Crippen LogP contribution in [0.25, 0.3) is 6.08 Å². The summed E-state index contributed by atoms with van der Waals surface area (Å²) in [6.45, 7) is 6.29. The first-order chi connectivity index (χ1) is 9.08. The van der Waals surface area contributed by atoms with Crippen molar-refractivity contribution >= 4 is 11.9 Å². The maximum absolute atomic E-state index is 11.9. The standard InChI is InChI=1S/C17H17NO/c1-12-10-15(11-13(2)14(12)3)4-5-17(19)16-6-8-18-9-7-16/h4-11H,1-3H3/b5-4+. The van der Waals surface area contributed by atoms with Crippen molar-refractivity contribution in [2.24, 2.45) is 0 Å². The second kappa shape index (κ2) is 5.61. The van der Waals surface area contributed by atoms with Crippen LogP contribution in [-0.4, -0.2) is 10.8 Å². The van der Waals surface area contributed by atoms with Gasteiger partial charge in [0.25, 0.3) is 0 Å². The number of aryl methyl sites for hydroxylation is 2. The largest absolute Gasteiger partial charge is 0.289 e. The van der Waals surface area contributed by atoms with Gasteiger partial charge in [-0.2, -0.15) is 0 Å². The first-order valence-electron chi connectivity index (χ1n) is 6.28. The van der Waals surface area contributed by atoms with Crippen LogP contribution in [-0.2, 0) is 0 Å². The summed E-state index contributed by atoms with van der Waals surface area (Å²) >= 11 is 0. The van der Waals surface area contributed by atoms with Gasteiger partial charge in [-0.1, -0.05) is 18.2 Å². The summed E-state index contributed by atoms with van der Waals surface area (Å²) in [7, 11) is 0. The van der Waals surface area contributed by atoms with E-state index < -0.39 is 0 Å². The molecule has 0 aliphatic rings. The molecule has 0 aliphatic carbocycles. The number of carbonyl (C=O) groups excluding carboxylic acids is 1. The van der Waals surface area contributed by atoms with Gasteiger partial charge in [-0.3, -0.25) is 9.78 Å². The fourth-order valence-electron chi connectivity index (χ4n) is 1.95. The topological polar surface area (TPSA) is 30.0 Å². The number of hydrogen-bond acceptors (Lipinski definition) is 2. The molecule has 0 saturated carbocycles. The van der Waals surface area contributed by atoms with Gasteiger partial charge in [0.05, 0.1) is 0 Å². The smallest absolute Gasteiger partial charge is 0.185 e. The Morgan fingerprint density at radius 1 is 1.05 bits per heavy atom. The van der Waals surface area contributed by atoms with Gasteiger partial charge in [-0.05, 0) is 61.2 Å². The Kier molecular flexibility index (Phi) is 3.91. The predicted octanol–water partition coefficient (Wildman–Crippen LogP) is 3.90. The van der Waals surface area contributed by atoms with Crippen LogP contribution in [0.2, 0.25) is 0 Å². The number of aromatic nitrogens is 1. The van der Waals surface area contributed by atoms with Gasteiger partial charge in [0, 0.05) is 18.0 Å². The first kappa shape index (κ1) is 13.2. The number of hydrogen-bond donors (Lipinski definition) is 0. The first-order valence-corrected chi connectivity index (χ1v) is 6.28. The van der Waals surface area contributed by atoms with Crippen LogP contribution in [0.4, 0.5) is 0 Å².